The lowest BCUT2D eigenvalue weighted by atomic mass is 9.95. The van der Waals surface area contributed by atoms with E-state index in [0.717, 1.165) is 12.8 Å². The first kappa shape index (κ1) is 16.4. The molecule has 1 saturated carbocycles. The normalized spacial score (nSPS) is 15.9. The molecule has 0 atom stereocenters. The molecule has 1 fully saturated rings. The van der Waals surface area contributed by atoms with Crippen LogP contribution >= 0.6 is 0 Å². The van der Waals surface area contributed by atoms with Crippen molar-refractivity contribution in [3.8, 4) is 17.8 Å². The fourth-order valence-electron chi connectivity index (χ4n) is 2.97. The first-order chi connectivity index (χ1) is 10.7. The van der Waals surface area contributed by atoms with E-state index in [-0.39, 0.29) is 5.91 Å². The average Bonchev–Trinajstić information content (AvgIpc) is 2.52. The first-order valence-corrected chi connectivity index (χ1v) is 8.18. The Morgan fingerprint density at radius 3 is 2.27 bits per heavy atom. The Balaban J connectivity index is 2.00. The second kappa shape index (κ2) is 8.48. The van der Waals surface area contributed by atoms with Crippen LogP contribution in [0, 0.1) is 12.0 Å². The van der Waals surface area contributed by atoms with Crippen molar-refractivity contribution < 1.29 is 9.53 Å². The highest BCUT2D eigenvalue weighted by Gasteiger charge is 2.21. The maximum absolute atomic E-state index is 12.6. The molecule has 0 heterocycles. The molecule has 0 saturated heterocycles. The van der Waals surface area contributed by atoms with Crippen molar-refractivity contribution in [2.24, 2.45) is 0 Å². The number of hydrogen-bond acceptors (Lipinski definition) is 2. The maximum Gasteiger partial charge on any atom is 0.253 e. The molecule has 0 aliphatic heterocycles. The van der Waals surface area contributed by atoms with Gasteiger partial charge < -0.3 is 9.64 Å². The van der Waals surface area contributed by atoms with Gasteiger partial charge in [0.1, 0.15) is 11.9 Å². The highest BCUT2D eigenvalue weighted by Crippen LogP contribution is 2.22. The summed E-state index contributed by atoms with van der Waals surface area (Å²) in [6.07, 6.45) is 11.2. The van der Waals surface area contributed by atoms with Crippen molar-refractivity contribution in [3.63, 3.8) is 0 Å². The molecule has 0 spiro atoms. The monoisotopic (exact) mass is 299 g/mol. The Kier molecular flexibility index (Phi) is 6.33. The number of amides is 1. The van der Waals surface area contributed by atoms with Gasteiger partial charge in [-0.1, -0.05) is 38.0 Å². The van der Waals surface area contributed by atoms with E-state index in [9.17, 15) is 4.79 Å². The van der Waals surface area contributed by atoms with Gasteiger partial charge in [0.25, 0.3) is 5.91 Å². The molecule has 0 radical (unpaired) electrons. The number of carbonyl (C=O) groups is 1. The zero-order valence-electron chi connectivity index (χ0n) is 13.6. The Labute approximate surface area is 133 Å². The number of ether oxygens (including phenoxy) is 1. The molecule has 1 amide bonds. The molecule has 0 unspecified atom stereocenters. The van der Waals surface area contributed by atoms with Crippen LogP contribution in [0.3, 0.4) is 0 Å². The minimum absolute atomic E-state index is 0.0960. The molecule has 1 aromatic rings. The average molecular weight is 299 g/mol. The van der Waals surface area contributed by atoms with Crippen molar-refractivity contribution in [1.29, 1.82) is 0 Å². The molecule has 0 aromatic heterocycles. The molecule has 1 aromatic carbocycles. The van der Waals surface area contributed by atoms with Crippen molar-refractivity contribution in [2.75, 3.05) is 7.05 Å². The summed E-state index contributed by atoms with van der Waals surface area (Å²) in [7, 11) is 1.93. The van der Waals surface area contributed by atoms with Gasteiger partial charge in [-0.15, -0.1) is 0 Å². The second-order valence-corrected chi connectivity index (χ2v) is 5.89. The fraction of sp³-hybridized carbons (Fsp3) is 0.526. The number of carbonyl (C=O) groups excluding carboxylic acids is 1. The molecule has 0 N–H and O–H groups in total. The standard InChI is InChI=1S/C19H25NO2/c1-3-15-22-18-13-11-16(12-14-18)19(21)20(2)17-9-7-5-4-6-8-10-17/h11-14,17H,4-10H2,1-2H3. The molecule has 3 nitrogen and oxygen atoms in total. The zero-order valence-corrected chi connectivity index (χ0v) is 13.6. The summed E-state index contributed by atoms with van der Waals surface area (Å²) in [6.45, 7) is 1.72. The van der Waals surface area contributed by atoms with Gasteiger partial charge in [-0.3, -0.25) is 4.79 Å². The Hall–Kier alpha value is -1.95. The molecule has 0 bridgehead atoms. The van der Waals surface area contributed by atoms with Gasteiger partial charge in [-0.05, 0) is 37.1 Å². The summed E-state index contributed by atoms with van der Waals surface area (Å²) < 4.78 is 5.21. The number of rotatable bonds is 3. The smallest absolute Gasteiger partial charge is 0.253 e. The van der Waals surface area contributed by atoms with Crippen molar-refractivity contribution in [1.82, 2.24) is 4.90 Å². The van der Waals surface area contributed by atoms with E-state index in [1.54, 1.807) is 19.1 Å². The second-order valence-electron chi connectivity index (χ2n) is 5.89. The van der Waals surface area contributed by atoms with Crippen LogP contribution in [0.2, 0.25) is 0 Å². The third kappa shape index (κ3) is 4.53. The van der Waals surface area contributed by atoms with Gasteiger partial charge in [0, 0.05) is 25.6 Å². The van der Waals surface area contributed by atoms with Gasteiger partial charge in [-0.2, -0.15) is 0 Å². The Morgan fingerprint density at radius 1 is 1.09 bits per heavy atom. The predicted octanol–water partition coefficient (Wildman–Crippen LogP) is 4.23. The van der Waals surface area contributed by atoms with E-state index >= 15 is 0 Å². The minimum Gasteiger partial charge on any atom is -0.408 e. The van der Waals surface area contributed by atoms with Crippen LogP contribution in [-0.4, -0.2) is 23.9 Å². The topological polar surface area (TPSA) is 29.5 Å². The van der Waals surface area contributed by atoms with E-state index < -0.39 is 0 Å². The Bertz CT molecular complexity index is 531. The van der Waals surface area contributed by atoms with E-state index in [2.05, 4.69) is 12.0 Å². The molecule has 1 aliphatic carbocycles. The number of hydrogen-bond donors (Lipinski definition) is 0. The highest BCUT2D eigenvalue weighted by atomic mass is 16.5. The third-order valence-electron chi connectivity index (χ3n) is 4.31. The lowest BCUT2D eigenvalue weighted by molar-refractivity contribution is 0.0707. The molecule has 3 heteroatoms. The van der Waals surface area contributed by atoms with Crippen molar-refractivity contribution in [2.45, 2.75) is 57.9 Å². The molecule has 118 valence electrons. The van der Waals surface area contributed by atoms with E-state index in [0.29, 0.717) is 17.4 Å². The lowest BCUT2D eigenvalue weighted by Crippen LogP contribution is -2.37. The van der Waals surface area contributed by atoms with Gasteiger partial charge in [0.2, 0.25) is 0 Å². The third-order valence-corrected chi connectivity index (χ3v) is 4.31. The van der Waals surface area contributed by atoms with E-state index in [1.165, 1.54) is 32.1 Å². The van der Waals surface area contributed by atoms with Crippen LogP contribution in [0.4, 0.5) is 0 Å². The summed E-state index contributed by atoms with van der Waals surface area (Å²) in [6, 6.07) is 7.59. The maximum atomic E-state index is 12.6. The Morgan fingerprint density at radius 2 is 1.68 bits per heavy atom. The van der Waals surface area contributed by atoms with E-state index in [1.807, 2.05) is 24.1 Å². The molecule has 2 rings (SSSR count). The van der Waals surface area contributed by atoms with Crippen LogP contribution in [-0.2, 0) is 0 Å². The summed E-state index contributed by atoms with van der Waals surface area (Å²) in [5.74, 6) is 3.44. The molecular formula is C19H25NO2. The summed E-state index contributed by atoms with van der Waals surface area (Å²) >= 11 is 0. The molecular weight excluding hydrogens is 274 g/mol. The fourth-order valence-corrected chi connectivity index (χ4v) is 2.97. The largest absolute Gasteiger partial charge is 0.408 e. The van der Waals surface area contributed by atoms with Gasteiger partial charge in [0.05, 0.1) is 0 Å². The van der Waals surface area contributed by atoms with Crippen LogP contribution in [0.1, 0.15) is 62.2 Å². The lowest BCUT2D eigenvalue weighted by Gasteiger charge is -2.30. The highest BCUT2D eigenvalue weighted by molar-refractivity contribution is 5.94. The van der Waals surface area contributed by atoms with Crippen LogP contribution < -0.4 is 4.74 Å². The van der Waals surface area contributed by atoms with Gasteiger partial charge in [-0.25, -0.2) is 0 Å². The van der Waals surface area contributed by atoms with E-state index in [4.69, 9.17) is 4.74 Å². The predicted molar refractivity (Wildman–Crippen MR) is 88.7 cm³/mol. The zero-order chi connectivity index (χ0) is 15.8. The van der Waals surface area contributed by atoms with Crippen molar-refractivity contribution >= 4 is 5.91 Å². The quantitative estimate of drug-likeness (QED) is 0.782. The summed E-state index contributed by atoms with van der Waals surface area (Å²) in [5, 5.41) is 0. The van der Waals surface area contributed by atoms with Crippen LogP contribution in [0.5, 0.6) is 5.75 Å². The van der Waals surface area contributed by atoms with Gasteiger partial charge in [0.15, 0.2) is 0 Å². The summed E-state index contributed by atoms with van der Waals surface area (Å²) in [4.78, 5) is 14.5. The first-order valence-electron chi connectivity index (χ1n) is 8.18. The molecule has 22 heavy (non-hydrogen) atoms. The minimum atomic E-state index is 0.0960. The number of benzene rings is 1. The van der Waals surface area contributed by atoms with Crippen LogP contribution in [0.15, 0.2) is 24.3 Å². The SMILES string of the molecule is CC#COc1ccc(C(=O)N(C)C2CCCCCCC2)cc1. The van der Waals surface area contributed by atoms with Crippen molar-refractivity contribution in [3.05, 3.63) is 29.8 Å². The number of nitrogens with zero attached hydrogens (tertiary/aromatic N) is 1. The molecule has 1 aliphatic rings. The van der Waals surface area contributed by atoms with Gasteiger partial charge >= 0.3 is 0 Å². The van der Waals surface area contributed by atoms with Crippen LogP contribution in [0.25, 0.3) is 0 Å². The summed E-state index contributed by atoms with van der Waals surface area (Å²) in [5.41, 5.74) is 0.710.